The number of nitrogens with zero attached hydrogens (tertiary/aromatic N) is 1. The zero-order valence-electron chi connectivity index (χ0n) is 5.88. The van der Waals surface area contributed by atoms with E-state index < -0.39 is 0 Å². The Bertz CT molecular complexity index is 141. The molecule has 0 aromatic heterocycles. The zero-order chi connectivity index (χ0) is 7.40. The van der Waals surface area contributed by atoms with Gasteiger partial charge in [0.15, 0.2) is 0 Å². The fourth-order valence-electron chi connectivity index (χ4n) is 1.23. The lowest BCUT2D eigenvalue weighted by molar-refractivity contribution is 0.0813. The first-order valence-electron chi connectivity index (χ1n) is 3.60. The van der Waals surface area contributed by atoms with Gasteiger partial charge in [-0.05, 0) is 13.0 Å². The average Bonchev–Trinajstić information content (AvgIpc) is 1.94. The summed E-state index contributed by atoms with van der Waals surface area (Å²) >= 11 is 0. The van der Waals surface area contributed by atoms with Crippen LogP contribution in [-0.2, 0) is 0 Å². The highest BCUT2D eigenvalue weighted by atomic mass is 16.3. The molecule has 1 fully saturated rings. The molecule has 10 heavy (non-hydrogen) atoms. The molecule has 0 saturated carbocycles. The number of hydrogen-bond acceptors (Lipinski definition) is 3. The minimum absolute atomic E-state index is 0.152. The van der Waals surface area contributed by atoms with Crippen molar-refractivity contribution in [1.29, 1.82) is 5.26 Å². The van der Waals surface area contributed by atoms with E-state index >= 15 is 0 Å². The smallest absolute Gasteiger partial charge is 0.0626 e. The number of rotatable bonds is 1. The Kier molecular flexibility index (Phi) is 2.67. The van der Waals surface area contributed by atoms with E-state index in [-0.39, 0.29) is 12.0 Å². The molecule has 0 spiro atoms. The van der Waals surface area contributed by atoms with Crippen molar-refractivity contribution in [3.8, 4) is 6.07 Å². The van der Waals surface area contributed by atoms with Crippen LogP contribution < -0.4 is 5.32 Å². The number of aliphatic hydroxyl groups is 1. The molecular formula is C7H12N2O. The molecule has 56 valence electrons. The highest BCUT2D eigenvalue weighted by Gasteiger charge is 2.21. The first-order chi connectivity index (χ1) is 4.84. The largest absolute Gasteiger partial charge is 0.393 e. The number of nitrogens with one attached hydrogen (secondary N) is 1. The fraction of sp³-hybridized carbons (Fsp3) is 0.857. The highest BCUT2D eigenvalue weighted by molar-refractivity contribution is 4.84. The Morgan fingerprint density at radius 3 is 3.10 bits per heavy atom. The molecule has 0 radical (unpaired) electrons. The van der Waals surface area contributed by atoms with Crippen molar-refractivity contribution in [2.45, 2.75) is 18.9 Å². The summed E-state index contributed by atoms with van der Waals surface area (Å²) in [5, 5.41) is 20.8. The number of hydrogen-bond donors (Lipinski definition) is 2. The molecule has 0 amide bonds. The third kappa shape index (κ3) is 1.69. The van der Waals surface area contributed by atoms with Crippen LogP contribution in [0.25, 0.3) is 0 Å². The van der Waals surface area contributed by atoms with Crippen LogP contribution >= 0.6 is 0 Å². The monoisotopic (exact) mass is 140 g/mol. The maximum Gasteiger partial charge on any atom is 0.0626 e. The maximum absolute atomic E-state index is 9.31. The molecule has 0 aliphatic carbocycles. The first kappa shape index (κ1) is 7.52. The Morgan fingerprint density at radius 2 is 2.50 bits per heavy atom. The Hall–Kier alpha value is -0.590. The van der Waals surface area contributed by atoms with E-state index in [1.807, 2.05) is 0 Å². The van der Waals surface area contributed by atoms with Crippen LogP contribution in [0.1, 0.15) is 12.8 Å². The summed E-state index contributed by atoms with van der Waals surface area (Å²) in [4.78, 5) is 0. The van der Waals surface area contributed by atoms with Crippen molar-refractivity contribution in [3.63, 3.8) is 0 Å². The van der Waals surface area contributed by atoms with Crippen LogP contribution in [0.5, 0.6) is 0 Å². The van der Waals surface area contributed by atoms with Gasteiger partial charge in [0.05, 0.1) is 12.2 Å². The minimum Gasteiger partial charge on any atom is -0.393 e. The second-order valence-corrected chi connectivity index (χ2v) is 2.68. The van der Waals surface area contributed by atoms with Gasteiger partial charge < -0.3 is 10.4 Å². The van der Waals surface area contributed by atoms with E-state index in [0.29, 0.717) is 6.42 Å². The van der Waals surface area contributed by atoms with Crippen LogP contribution in [0.2, 0.25) is 0 Å². The van der Waals surface area contributed by atoms with E-state index in [1.54, 1.807) is 0 Å². The third-order valence-corrected chi connectivity index (χ3v) is 1.92. The van der Waals surface area contributed by atoms with Gasteiger partial charge >= 0.3 is 0 Å². The second-order valence-electron chi connectivity index (χ2n) is 2.68. The van der Waals surface area contributed by atoms with Gasteiger partial charge in [-0.1, -0.05) is 0 Å². The minimum atomic E-state index is -0.263. The van der Waals surface area contributed by atoms with Gasteiger partial charge in [0, 0.05) is 18.9 Å². The zero-order valence-corrected chi connectivity index (χ0v) is 5.88. The van der Waals surface area contributed by atoms with Gasteiger partial charge in [-0.25, -0.2) is 0 Å². The highest BCUT2D eigenvalue weighted by Crippen LogP contribution is 2.13. The predicted molar refractivity (Wildman–Crippen MR) is 37.2 cm³/mol. The quantitative estimate of drug-likeness (QED) is 0.533. The molecule has 1 rings (SSSR count). The van der Waals surface area contributed by atoms with Crippen molar-refractivity contribution < 1.29 is 5.11 Å². The summed E-state index contributed by atoms with van der Waals surface area (Å²) in [6.45, 7) is 1.66. The average molecular weight is 140 g/mol. The summed E-state index contributed by atoms with van der Waals surface area (Å²) in [6.07, 6.45) is 0.987. The lowest BCUT2D eigenvalue weighted by Gasteiger charge is -2.26. The summed E-state index contributed by atoms with van der Waals surface area (Å²) in [7, 11) is 0. The van der Waals surface area contributed by atoms with Gasteiger partial charge in [0.25, 0.3) is 0 Å². The van der Waals surface area contributed by atoms with Crippen LogP contribution in [0, 0.1) is 17.2 Å². The third-order valence-electron chi connectivity index (χ3n) is 1.92. The van der Waals surface area contributed by atoms with Crippen LogP contribution in [0.15, 0.2) is 0 Å². The predicted octanol–water partition coefficient (Wildman–Crippen LogP) is -0.130. The van der Waals surface area contributed by atoms with E-state index in [2.05, 4.69) is 11.4 Å². The van der Waals surface area contributed by atoms with Crippen LogP contribution in [0.4, 0.5) is 0 Å². The van der Waals surface area contributed by atoms with Gasteiger partial charge in [-0.2, -0.15) is 5.26 Å². The molecule has 1 aliphatic heterocycles. The molecule has 3 heteroatoms. The van der Waals surface area contributed by atoms with Crippen molar-refractivity contribution >= 4 is 0 Å². The van der Waals surface area contributed by atoms with Gasteiger partial charge in [0.2, 0.25) is 0 Å². The molecule has 0 aromatic carbocycles. The Morgan fingerprint density at radius 1 is 1.70 bits per heavy atom. The molecule has 2 N–H and O–H groups in total. The molecule has 1 heterocycles. The number of piperidine rings is 1. The van der Waals surface area contributed by atoms with E-state index in [1.165, 1.54) is 0 Å². The van der Waals surface area contributed by atoms with Crippen LogP contribution in [-0.4, -0.2) is 24.3 Å². The van der Waals surface area contributed by atoms with Gasteiger partial charge in [-0.15, -0.1) is 0 Å². The molecule has 0 bridgehead atoms. The summed E-state index contributed by atoms with van der Waals surface area (Å²) in [5.74, 6) is 0.152. The SMILES string of the molecule is N#CC[C@H]1CNCC[C@@H]1O. The lowest BCUT2D eigenvalue weighted by Crippen LogP contribution is -2.39. The molecule has 3 nitrogen and oxygen atoms in total. The molecule has 0 unspecified atom stereocenters. The van der Waals surface area contributed by atoms with Crippen LogP contribution in [0.3, 0.4) is 0 Å². The maximum atomic E-state index is 9.31. The van der Waals surface area contributed by atoms with Crippen molar-refractivity contribution in [2.24, 2.45) is 5.92 Å². The summed E-state index contributed by atoms with van der Waals surface area (Å²) in [6, 6.07) is 2.07. The molecule has 1 aliphatic rings. The van der Waals surface area contributed by atoms with Crippen molar-refractivity contribution in [2.75, 3.05) is 13.1 Å². The topological polar surface area (TPSA) is 56.0 Å². The molecular weight excluding hydrogens is 128 g/mol. The van der Waals surface area contributed by atoms with Gasteiger partial charge in [-0.3, -0.25) is 0 Å². The standard InChI is InChI=1S/C7H12N2O/c8-3-1-6-5-9-4-2-7(6)10/h6-7,9-10H,1-2,4-5H2/t6-,7-/m0/s1. The van der Waals surface area contributed by atoms with Crippen molar-refractivity contribution in [1.82, 2.24) is 5.32 Å². The molecule has 2 atom stereocenters. The van der Waals surface area contributed by atoms with Gasteiger partial charge in [0.1, 0.15) is 0 Å². The Balaban J connectivity index is 2.34. The fourth-order valence-corrected chi connectivity index (χ4v) is 1.23. The normalized spacial score (nSPS) is 33.2. The number of aliphatic hydroxyl groups excluding tert-OH is 1. The molecule has 0 aromatic rings. The lowest BCUT2D eigenvalue weighted by atomic mass is 9.94. The van der Waals surface area contributed by atoms with E-state index in [4.69, 9.17) is 5.26 Å². The van der Waals surface area contributed by atoms with E-state index in [0.717, 1.165) is 19.5 Å². The summed E-state index contributed by atoms with van der Waals surface area (Å²) in [5.41, 5.74) is 0. The van der Waals surface area contributed by atoms with E-state index in [9.17, 15) is 5.11 Å². The Labute approximate surface area is 60.7 Å². The number of nitriles is 1. The second kappa shape index (κ2) is 3.55. The summed E-state index contributed by atoms with van der Waals surface area (Å²) < 4.78 is 0. The first-order valence-corrected chi connectivity index (χ1v) is 3.60. The molecule has 1 saturated heterocycles. The van der Waals surface area contributed by atoms with Crippen molar-refractivity contribution in [3.05, 3.63) is 0 Å².